The Bertz CT molecular complexity index is 345. The lowest BCUT2D eigenvalue weighted by Gasteiger charge is -2.25. The summed E-state index contributed by atoms with van der Waals surface area (Å²) < 4.78 is 11.3. The molecule has 1 fully saturated rings. The second-order valence-electron chi connectivity index (χ2n) is 4.39. The third-order valence-electron chi connectivity index (χ3n) is 3.13. The average Bonchev–Trinajstić information content (AvgIpc) is 2.40. The van der Waals surface area contributed by atoms with Gasteiger partial charge in [0.05, 0.1) is 19.3 Å². The highest BCUT2D eigenvalue weighted by atomic mass is 16.5. The molecule has 1 N–H and O–H groups in total. The van der Waals surface area contributed by atoms with E-state index in [2.05, 4.69) is 0 Å². The Hall–Kier alpha value is -1.06. The van der Waals surface area contributed by atoms with Crippen molar-refractivity contribution in [1.29, 1.82) is 0 Å². The Morgan fingerprint density at radius 2 is 2.06 bits per heavy atom. The summed E-state index contributed by atoms with van der Waals surface area (Å²) in [6.07, 6.45) is 2.33. The molecular formula is C14H20O3. The first-order chi connectivity index (χ1) is 8.31. The molecule has 0 aliphatic carbocycles. The molecule has 0 saturated carbocycles. The number of benzene rings is 1. The van der Waals surface area contributed by atoms with Gasteiger partial charge in [-0.15, -0.1) is 0 Å². The quantitative estimate of drug-likeness (QED) is 0.873. The van der Waals surface area contributed by atoms with Gasteiger partial charge in [0.1, 0.15) is 11.9 Å². The van der Waals surface area contributed by atoms with Gasteiger partial charge in [0.15, 0.2) is 0 Å². The van der Waals surface area contributed by atoms with Gasteiger partial charge in [0, 0.05) is 18.4 Å². The fourth-order valence-electron chi connectivity index (χ4n) is 2.06. The van der Waals surface area contributed by atoms with Crippen LogP contribution < -0.4 is 4.74 Å². The lowest BCUT2D eigenvalue weighted by Crippen LogP contribution is -2.26. The predicted molar refractivity (Wildman–Crippen MR) is 66.2 cm³/mol. The zero-order valence-corrected chi connectivity index (χ0v) is 10.3. The maximum atomic E-state index is 9.93. The van der Waals surface area contributed by atoms with Gasteiger partial charge < -0.3 is 14.6 Å². The molecule has 0 radical (unpaired) electrons. The maximum Gasteiger partial charge on any atom is 0.125 e. The summed E-state index contributed by atoms with van der Waals surface area (Å²) in [5, 5.41) is 9.93. The zero-order chi connectivity index (χ0) is 12.1. The first kappa shape index (κ1) is 12.4. The van der Waals surface area contributed by atoms with Crippen LogP contribution in [-0.2, 0) is 4.74 Å². The molecule has 0 bridgehead atoms. The zero-order valence-electron chi connectivity index (χ0n) is 10.3. The lowest BCUT2D eigenvalue weighted by molar-refractivity contribution is 0.0240. The van der Waals surface area contributed by atoms with Crippen molar-refractivity contribution in [2.45, 2.75) is 38.4 Å². The standard InChI is InChI=1S/C14H20O3/c1-2-13(15)12-5-3-4-6-14(12)17-11-7-9-16-10-8-11/h3-6,11,13,15H,2,7-10H2,1H3. The Morgan fingerprint density at radius 1 is 1.35 bits per heavy atom. The van der Waals surface area contributed by atoms with E-state index < -0.39 is 6.10 Å². The summed E-state index contributed by atoms with van der Waals surface area (Å²) in [7, 11) is 0. The van der Waals surface area contributed by atoms with Crippen molar-refractivity contribution in [3.63, 3.8) is 0 Å². The Kier molecular flexibility index (Phi) is 4.40. The third kappa shape index (κ3) is 3.20. The molecule has 2 rings (SSSR count). The van der Waals surface area contributed by atoms with Crippen LogP contribution in [0.5, 0.6) is 5.75 Å². The lowest BCUT2D eigenvalue weighted by atomic mass is 10.1. The van der Waals surface area contributed by atoms with Crippen molar-refractivity contribution in [3.8, 4) is 5.75 Å². The molecule has 1 saturated heterocycles. The first-order valence-electron chi connectivity index (χ1n) is 6.32. The highest BCUT2D eigenvalue weighted by Gasteiger charge is 2.18. The number of hydrogen-bond donors (Lipinski definition) is 1. The molecule has 1 aromatic carbocycles. The van der Waals surface area contributed by atoms with Gasteiger partial charge in [-0.05, 0) is 12.5 Å². The van der Waals surface area contributed by atoms with E-state index in [9.17, 15) is 5.11 Å². The van der Waals surface area contributed by atoms with Crippen LogP contribution in [0.2, 0.25) is 0 Å². The number of ether oxygens (including phenoxy) is 2. The molecule has 0 spiro atoms. The van der Waals surface area contributed by atoms with Crippen molar-refractivity contribution in [3.05, 3.63) is 29.8 Å². The number of para-hydroxylation sites is 1. The van der Waals surface area contributed by atoms with Gasteiger partial charge in [0.25, 0.3) is 0 Å². The molecule has 1 aliphatic heterocycles. The summed E-state index contributed by atoms with van der Waals surface area (Å²) in [6, 6.07) is 7.75. The maximum absolute atomic E-state index is 9.93. The van der Waals surface area contributed by atoms with E-state index in [0.717, 1.165) is 37.4 Å². The van der Waals surface area contributed by atoms with Crippen molar-refractivity contribution < 1.29 is 14.6 Å². The van der Waals surface area contributed by atoms with E-state index in [-0.39, 0.29) is 6.10 Å². The van der Waals surface area contributed by atoms with Crippen LogP contribution in [0, 0.1) is 0 Å². The van der Waals surface area contributed by atoms with E-state index in [1.165, 1.54) is 0 Å². The van der Waals surface area contributed by atoms with Crippen LogP contribution in [-0.4, -0.2) is 24.4 Å². The molecule has 0 amide bonds. The number of aliphatic hydroxyl groups excluding tert-OH is 1. The van der Waals surface area contributed by atoms with Gasteiger partial charge >= 0.3 is 0 Å². The molecule has 1 atom stereocenters. The highest BCUT2D eigenvalue weighted by Crippen LogP contribution is 2.29. The molecule has 3 heteroatoms. The van der Waals surface area contributed by atoms with Crippen molar-refractivity contribution in [2.75, 3.05) is 13.2 Å². The summed E-state index contributed by atoms with van der Waals surface area (Å²) in [5.41, 5.74) is 0.890. The second-order valence-corrected chi connectivity index (χ2v) is 4.39. The number of aliphatic hydroxyl groups is 1. The first-order valence-corrected chi connectivity index (χ1v) is 6.32. The minimum absolute atomic E-state index is 0.217. The molecule has 1 heterocycles. The molecular weight excluding hydrogens is 216 g/mol. The SMILES string of the molecule is CCC(O)c1ccccc1OC1CCOCC1. The topological polar surface area (TPSA) is 38.7 Å². The van der Waals surface area contributed by atoms with E-state index in [4.69, 9.17) is 9.47 Å². The van der Waals surface area contributed by atoms with Crippen molar-refractivity contribution in [1.82, 2.24) is 0 Å². The van der Waals surface area contributed by atoms with Gasteiger partial charge in [-0.25, -0.2) is 0 Å². The van der Waals surface area contributed by atoms with E-state index >= 15 is 0 Å². The van der Waals surface area contributed by atoms with E-state index in [0.29, 0.717) is 6.42 Å². The van der Waals surface area contributed by atoms with Crippen molar-refractivity contribution in [2.24, 2.45) is 0 Å². The van der Waals surface area contributed by atoms with Gasteiger partial charge in [-0.3, -0.25) is 0 Å². The molecule has 17 heavy (non-hydrogen) atoms. The third-order valence-corrected chi connectivity index (χ3v) is 3.13. The van der Waals surface area contributed by atoms with E-state index in [1.807, 2.05) is 31.2 Å². The highest BCUT2D eigenvalue weighted by molar-refractivity contribution is 5.35. The average molecular weight is 236 g/mol. The van der Waals surface area contributed by atoms with Crippen LogP contribution >= 0.6 is 0 Å². The van der Waals surface area contributed by atoms with Crippen LogP contribution in [0.15, 0.2) is 24.3 Å². The summed E-state index contributed by atoms with van der Waals surface area (Å²) in [4.78, 5) is 0. The molecule has 1 aliphatic rings. The largest absolute Gasteiger partial charge is 0.490 e. The molecule has 1 unspecified atom stereocenters. The summed E-state index contributed by atoms with van der Waals surface area (Å²) >= 11 is 0. The molecule has 94 valence electrons. The normalized spacial score (nSPS) is 18.9. The Balaban J connectivity index is 2.08. The van der Waals surface area contributed by atoms with Gasteiger partial charge in [-0.2, -0.15) is 0 Å². The molecule has 3 nitrogen and oxygen atoms in total. The minimum atomic E-state index is -0.439. The van der Waals surface area contributed by atoms with Crippen molar-refractivity contribution >= 4 is 0 Å². The van der Waals surface area contributed by atoms with Crippen LogP contribution in [0.4, 0.5) is 0 Å². The number of hydrogen-bond acceptors (Lipinski definition) is 3. The van der Waals surface area contributed by atoms with Gasteiger partial charge in [-0.1, -0.05) is 25.1 Å². The number of rotatable bonds is 4. The molecule has 1 aromatic rings. The fraction of sp³-hybridized carbons (Fsp3) is 0.571. The van der Waals surface area contributed by atoms with Crippen LogP contribution in [0.3, 0.4) is 0 Å². The Labute approximate surface area is 102 Å². The minimum Gasteiger partial charge on any atom is -0.490 e. The monoisotopic (exact) mass is 236 g/mol. The van der Waals surface area contributed by atoms with Crippen LogP contribution in [0.1, 0.15) is 37.9 Å². The molecule has 0 aromatic heterocycles. The fourth-order valence-corrected chi connectivity index (χ4v) is 2.06. The smallest absolute Gasteiger partial charge is 0.125 e. The summed E-state index contributed by atoms with van der Waals surface area (Å²) in [5.74, 6) is 0.814. The van der Waals surface area contributed by atoms with Crippen LogP contribution in [0.25, 0.3) is 0 Å². The predicted octanol–water partition coefficient (Wildman–Crippen LogP) is 2.69. The second kappa shape index (κ2) is 6.03. The summed E-state index contributed by atoms with van der Waals surface area (Å²) in [6.45, 7) is 3.50. The Morgan fingerprint density at radius 3 is 2.76 bits per heavy atom. The van der Waals surface area contributed by atoms with Gasteiger partial charge in [0.2, 0.25) is 0 Å². The van der Waals surface area contributed by atoms with E-state index in [1.54, 1.807) is 0 Å².